The van der Waals surface area contributed by atoms with E-state index in [1.165, 1.54) is 12.7 Å². The van der Waals surface area contributed by atoms with E-state index in [1.807, 2.05) is 0 Å². The van der Waals surface area contributed by atoms with Crippen LogP contribution in [0.15, 0.2) is 11.0 Å². The van der Waals surface area contributed by atoms with Crippen LogP contribution in [0.5, 0.6) is 5.75 Å². The molecule has 0 radical (unpaired) electrons. The summed E-state index contributed by atoms with van der Waals surface area (Å²) in [4.78, 5) is 6.15. The molecule has 0 unspecified atom stereocenters. The normalized spacial score (nSPS) is 11.0. The Labute approximate surface area is 106 Å². The van der Waals surface area contributed by atoms with Crippen LogP contribution >= 0.6 is 0 Å². The molecule has 2 aromatic rings. The summed E-state index contributed by atoms with van der Waals surface area (Å²) in [7, 11) is 1.47. The van der Waals surface area contributed by atoms with Gasteiger partial charge in [0.2, 0.25) is 0 Å². The first-order chi connectivity index (χ1) is 8.26. The van der Waals surface area contributed by atoms with E-state index < -0.39 is 5.95 Å². The Kier molecular flexibility index (Phi) is 4.15. The van der Waals surface area contributed by atoms with E-state index in [1.54, 1.807) is 6.07 Å². The summed E-state index contributed by atoms with van der Waals surface area (Å²) in [5.41, 5.74) is 1.26. The number of ether oxygens (including phenoxy) is 1. The quantitative estimate of drug-likeness (QED) is 0.517. The molecule has 2 aromatic heterocycles. The zero-order valence-electron chi connectivity index (χ0n) is 9.92. The number of nitrogens with one attached hydrogen (secondary N) is 1. The fourth-order valence-electron chi connectivity index (χ4n) is 1.70. The number of likely N-dealkylation sites (N-methyl/N-ethyl adjacent to an activating group) is 1. The van der Waals surface area contributed by atoms with Gasteiger partial charge in [-0.1, -0.05) is 0 Å². The second kappa shape index (κ2) is 5.63. The first-order valence-electron chi connectivity index (χ1n) is 5.57. The summed E-state index contributed by atoms with van der Waals surface area (Å²) < 4.78 is 19.3. The molecule has 0 bridgehead atoms. The van der Waals surface area contributed by atoms with Gasteiger partial charge >= 0.3 is 106 Å². The Morgan fingerprint density at radius 2 is 2.35 bits per heavy atom. The maximum atomic E-state index is 13.4. The van der Waals surface area contributed by atoms with E-state index in [0.29, 0.717) is 0 Å². The van der Waals surface area contributed by atoms with Crippen LogP contribution in [0.25, 0.3) is 9.78 Å². The van der Waals surface area contributed by atoms with Crippen molar-refractivity contribution < 1.29 is 9.13 Å². The number of hydrogen-bond donors (Lipinski definition) is 1. The van der Waals surface area contributed by atoms with Crippen molar-refractivity contribution in [3.63, 3.8) is 0 Å². The molecule has 0 saturated heterocycles. The zero-order valence-corrected chi connectivity index (χ0v) is 11.6. The van der Waals surface area contributed by atoms with E-state index in [9.17, 15) is 4.39 Å². The number of pyridine rings is 1. The van der Waals surface area contributed by atoms with Gasteiger partial charge in [-0.2, -0.15) is 0 Å². The number of hydrogen-bond acceptors (Lipinski definition) is 3. The van der Waals surface area contributed by atoms with Crippen LogP contribution in [0.1, 0.15) is 12.5 Å². The first-order valence-corrected chi connectivity index (χ1v) is 7.42. The molecule has 0 aliphatic heterocycles. The van der Waals surface area contributed by atoms with Gasteiger partial charge in [-0.25, -0.2) is 0 Å². The monoisotopic (exact) mass is 302 g/mol. The van der Waals surface area contributed by atoms with E-state index in [0.717, 1.165) is 29.3 Å². The first kappa shape index (κ1) is 12.6. The molecular weight excluding hydrogens is 286 g/mol. The van der Waals surface area contributed by atoms with Crippen molar-refractivity contribution in [2.75, 3.05) is 20.2 Å². The molecule has 0 fully saturated rings. The third kappa shape index (κ3) is 2.68. The van der Waals surface area contributed by atoms with Gasteiger partial charge in [0.1, 0.15) is 0 Å². The predicted octanol–water partition coefficient (Wildman–Crippen LogP) is 1.59. The van der Waals surface area contributed by atoms with E-state index in [-0.39, 0.29) is 20.3 Å². The summed E-state index contributed by atoms with van der Waals surface area (Å²) in [6.07, 6.45) is 0.957. The van der Waals surface area contributed by atoms with Crippen LogP contribution in [-0.2, 0) is 6.42 Å². The predicted molar refractivity (Wildman–Crippen MR) is 67.4 cm³/mol. The third-order valence-corrected chi connectivity index (χ3v) is 4.57. The molecule has 2 rings (SSSR count). The van der Waals surface area contributed by atoms with Crippen molar-refractivity contribution >= 4 is 24.3 Å². The molecule has 5 heteroatoms. The Morgan fingerprint density at radius 3 is 3.06 bits per heavy atom. The molecule has 0 saturated carbocycles. The number of halogens is 1. The second-order valence-electron chi connectivity index (χ2n) is 3.70. The zero-order chi connectivity index (χ0) is 12.3. The van der Waals surface area contributed by atoms with E-state index in [2.05, 4.69) is 22.2 Å². The number of rotatable bonds is 5. The molecule has 3 nitrogen and oxygen atoms in total. The molecule has 0 aliphatic rings. The number of fused-ring (bicyclic) bond motifs is 1. The molecule has 0 aliphatic carbocycles. The minimum absolute atomic E-state index is 0.157. The van der Waals surface area contributed by atoms with Crippen molar-refractivity contribution in [1.82, 2.24) is 10.3 Å². The Hall–Kier alpha value is -0.901. The van der Waals surface area contributed by atoms with E-state index >= 15 is 0 Å². The van der Waals surface area contributed by atoms with Gasteiger partial charge in [0, 0.05) is 0 Å². The summed E-state index contributed by atoms with van der Waals surface area (Å²) in [5, 5.41) is 4.34. The average Bonchev–Trinajstić information content (AvgIpc) is 2.71. The number of methoxy groups -OCH3 is 1. The SMILES string of the molecule is CCNCCc1c[se]c2nc(F)c(OC)cc12. The molecule has 0 amide bonds. The van der Waals surface area contributed by atoms with Gasteiger partial charge in [0.25, 0.3) is 0 Å². The van der Waals surface area contributed by atoms with Crippen molar-refractivity contribution in [1.29, 1.82) is 0 Å². The van der Waals surface area contributed by atoms with Gasteiger partial charge < -0.3 is 0 Å². The van der Waals surface area contributed by atoms with Crippen LogP contribution < -0.4 is 10.1 Å². The van der Waals surface area contributed by atoms with Crippen molar-refractivity contribution in [2.45, 2.75) is 13.3 Å². The van der Waals surface area contributed by atoms with Gasteiger partial charge in [-0.15, -0.1) is 0 Å². The van der Waals surface area contributed by atoms with Crippen LogP contribution in [0.3, 0.4) is 0 Å². The van der Waals surface area contributed by atoms with Crippen LogP contribution in [0, 0.1) is 5.95 Å². The van der Waals surface area contributed by atoms with Gasteiger partial charge in [-0.3, -0.25) is 0 Å². The Balaban J connectivity index is 2.31. The fraction of sp³-hybridized carbons (Fsp3) is 0.417. The summed E-state index contributed by atoms with van der Waals surface area (Å²) in [6, 6.07) is 1.77. The molecular formula is C12H15FN2OSe. The van der Waals surface area contributed by atoms with Crippen LogP contribution in [0.2, 0.25) is 0 Å². The molecule has 92 valence electrons. The Bertz CT molecular complexity index is 512. The topological polar surface area (TPSA) is 34.2 Å². The maximum absolute atomic E-state index is 13.4. The molecule has 0 spiro atoms. The molecule has 0 aromatic carbocycles. The standard InChI is InChI=1S/C12H15FN2OSe/c1-3-14-5-4-8-7-17-12-9(8)6-10(16-2)11(13)15-12/h6-7,14H,3-5H2,1-2H3. The van der Waals surface area contributed by atoms with Gasteiger partial charge in [0.15, 0.2) is 0 Å². The van der Waals surface area contributed by atoms with Crippen molar-refractivity contribution in [3.05, 3.63) is 22.5 Å². The molecule has 1 N–H and O–H groups in total. The summed E-state index contributed by atoms with van der Waals surface area (Å²) in [6.45, 7) is 3.99. The summed E-state index contributed by atoms with van der Waals surface area (Å²) in [5.74, 6) is -0.273. The molecule has 2 heterocycles. The van der Waals surface area contributed by atoms with Gasteiger partial charge in [-0.05, 0) is 0 Å². The van der Waals surface area contributed by atoms with Crippen LogP contribution in [0.4, 0.5) is 4.39 Å². The summed E-state index contributed by atoms with van der Waals surface area (Å²) >= 11 is 0.157. The Morgan fingerprint density at radius 1 is 1.53 bits per heavy atom. The number of nitrogens with zero attached hydrogens (tertiary/aromatic N) is 1. The third-order valence-electron chi connectivity index (χ3n) is 2.61. The van der Waals surface area contributed by atoms with Crippen molar-refractivity contribution in [2.24, 2.45) is 0 Å². The van der Waals surface area contributed by atoms with Crippen molar-refractivity contribution in [3.8, 4) is 5.75 Å². The number of aromatic nitrogens is 1. The molecule has 17 heavy (non-hydrogen) atoms. The van der Waals surface area contributed by atoms with Crippen LogP contribution in [-0.4, -0.2) is 39.7 Å². The molecule has 0 atom stereocenters. The average molecular weight is 301 g/mol. The van der Waals surface area contributed by atoms with E-state index in [4.69, 9.17) is 4.74 Å². The van der Waals surface area contributed by atoms with Gasteiger partial charge in [0.05, 0.1) is 0 Å². The second-order valence-corrected chi connectivity index (χ2v) is 5.50. The minimum atomic E-state index is -0.505. The fourth-order valence-corrected chi connectivity index (χ4v) is 3.69.